The first-order chi connectivity index (χ1) is 14.1. The maximum Gasteiger partial charge on any atom is 0.339 e. The summed E-state index contributed by atoms with van der Waals surface area (Å²) in [7, 11) is 0. The van der Waals surface area contributed by atoms with Crippen LogP contribution in [0.4, 0.5) is 0 Å². The number of carbonyl (C=O) groups is 2. The number of benzene rings is 2. The van der Waals surface area contributed by atoms with Gasteiger partial charge in [-0.05, 0) is 69.9 Å². The third-order valence-electron chi connectivity index (χ3n) is 5.94. The molecular weight excluding hydrogens is 376 g/mol. The molecule has 2 aliphatic heterocycles. The van der Waals surface area contributed by atoms with Gasteiger partial charge in [0.15, 0.2) is 0 Å². The van der Waals surface area contributed by atoms with E-state index in [9.17, 15) is 9.59 Å². The van der Waals surface area contributed by atoms with Crippen LogP contribution in [-0.2, 0) is 11.2 Å². The first kappa shape index (κ1) is 20.6. The summed E-state index contributed by atoms with van der Waals surface area (Å²) in [4.78, 5) is 25.5. The van der Waals surface area contributed by atoms with Gasteiger partial charge in [0, 0.05) is 29.1 Å². The Kier molecular flexibility index (Phi) is 5.18. The number of esters is 1. The van der Waals surface area contributed by atoms with Gasteiger partial charge in [0.1, 0.15) is 6.10 Å². The summed E-state index contributed by atoms with van der Waals surface area (Å²) < 4.78 is 5.62. The van der Waals surface area contributed by atoms with Crippen molar-refractivity contribution in [2.75, 3.05) is 0 Å². The van der Waals surface area contributed by atoms with E-state index in [1.807, 2.05) is 36.4 Å². The smallest absolute Gasteiger partial charge is 0.339 e. The van der Waals surface area contributed by atoms with E-state index in [0.717, 1.165) is 24.0 Å². The Labute approximate surface area is 178 Å². The number of amides is 1. The number of ether oxygens (including phenoxy) is 1. The lowest BCUT2D eigenvalue weighted by molar-refractivity contribution is 0.0252. The van der Waals surface area contributed by atoms with Crippen LogP contribution in [0.25, 0.3) is 0 Å². The van der Waals surface area contributed by atoms with Crippen molar-refractivity contribution < 1.29 is 14.3 Å². The number of hydrogen-bond donors (Lipinski definition) is 2. The molecule has 0 bridgehead atoms. The molecule has 4 rings (SSSR count). The topological polar surface area (TPSA) is 67.4 Å². The number of hydrogen-bond acceptors (Lipinski definition) is 4. The number of carbonyl (C=O) groups excluding carboxylic acids is 2. The maximum atomic E-state index is 13.0. The van der Waals surface area contributed by atoms with Crippen molar-refractivity contribution in [3.05, 3.63) is 70.8 Å². The Morgan fingerprint density at radius 2 is 1.70 bits per heavy atom. The van der Waals surface area contributed by atoms with Gasteiger partial charge in [-0.3, -0.25) is 4.79 Å². The predicted molar refractivity (Wildman–Crippen MR) is 117 cm³/mol. The maximum absolute atomic E-state index is 13.0. The number of fused-ring (bicyclic) bond motifs is 1. The summed E-state index contributed by atoms with van der Waals surface area (Å²) >= 11 is 0. The molecule has 1 fully saturated rings. The molecule has 1 atom stereocenters. The summed E-state index contributed by atoms with van der Waals surface area (Å²) in [5.41, 5.74) is 2.88. The molecule has 2 aromatic carbocycles. The van der Waals surface area contributed by atoms with E-state index >= 15 is 0 Å². The van der Waals surface area contributed by atoms with Gasteiger partial charge in [0.05, 0.1) is 5.56 Å². The van der Waals surface area contributed by atoms with Crippen LogP contribution in [0.5, 0.6) is 0 Å². The quantitative estimate of drug-likeness (QED) is 0.751. The highest BCUT2D eigenvalue weighted by Gasteiger charge is 2.38. The van der Waals surface area contributed by atoms with Crippen molar-refractivity contribution in [3.8, 4) is 0 Å². The second-order valence-electron chi connectivity index (χ2n) is 9.85. The molecule has 0 aromatic heterocycles. The second kappa shape index (κ2) is 7.55. The zero-order valence-corrected chi connectivity index (χ0v) is 18.1. The molecule has 5 heteroatoms. The van der Waals surface area contributed by atoms with Crippen molar-refractivity contribution in [3.63, 3.8) is 0 Å². The molecule has 0 unspecified atom stereocenters. The fourth-order valence-corrected chi connectivity index (χ4v) is 5.08. The molecule has 0 spiro atoms. The molecule has 0 radical (unpaired) electrons. The molecule has 30 heavy (non-hydrogen) atoms. The van der Waals surface area contributed by atoms with Gasteiger partial charge in [-0.2, -0.15) is 0 Å². The van der Waals surface area contributed by atoms with Crippen LogP contribution in [-0.4, -0.2) is 29.0 Å². The Bertz CT molecular complexity index is 950. The molecule has 0 saturated carbocycles. The number of rotatable bonds is 3. The Morgan fingerprint density at radius 1 is 1.03 bits per heavy atom. The van der Waals surface area contributed by atoms with Crippen LogP contribution >= 0.6 is 0 Å². The van der Waals surface area contributed by atoms with Crippen molar-refractivity contribution in [1.82, 2.24) is 10.6 Å². The van der Waals surface area contributed by atoms with Crippen LogP contribution in [0.1, 0.15) is 78.5 Å². The summed E-state index contributed by atoms with van der Waals surface area (Å²) in [5, 5.41) is 6.85. The van der Waals surface area contributed by atoms with Gasteiger partial charge >= 0.3 is 5.97 Å². The van der Waals surface area contributed by atoms with E-state index in [1.54, 1.807) is 12.1 Å². The van der Waals surface area contributed by atoms with E-state index in [4.69, 9.17) is 4.74 Å². The summed E-state index contributed by atoms with van der Waals surface area (Å²) in [6, 6.07) is 15.1. The highest BCUT2D eigenvalue weighted by molar-refractivity contribution is 5.98. The van der Waals surface area contributed by atoms with Gasteiger partial charge in [-0.1, -0.05) is 30.3 Å². The Morgan fingerprint density at radius 3 is 2.37 bits per heavy atom. The van der Waals surface area contributed by atoms with Crippen LogP contribution in [0.15, 0.2) is 48.5 Å². The van der Waals surface area contributed by atoms with Crippen LogP contribution in [0.3, 0.4) is 0 Å². The summed E-state index contributed by atoms with van der Waals surface area (Å²) in [5.74, 6) is -0.426. The van der Waals surface area contributed by atoms with E-state index in [1.165, 1.54) is 0 Å². The monoisotopic (exact) mass is 406 g/mol. The van der Waals surface area contributed by atoms with Crippen molar-refractivity contribution in [2.45, 2.75) is 70.2 Å². The zero-order chi connectivity index (χ0) is 21.5. The highest BCUT2D eigenvalue weighted by Crippen LogP contribution is 2.32. The Balaban J connectivity index is 1.52. The van der Waals surface area contributed by atoms with Crippen molar-refractivity contribution in [1.29, 1.82) is 0 Å². The summed E-state index contributed by atoms with van der Waals surface area (Å²) in [6.07, 6.45) is 1.99. The Hall–Kier alpha value is -2.66. The van der Waals surface area contributed by atoms with Gasteiger partial charge in [0.2, 0.25) is 0 Å². The number of piperidine rings is 1. The second-order valence-corrected chi connectivity index (χ2v) is 9.85. The molecule has 5 nitrogen and oxygen atoms in total. The highest BCUT2D eigenvalue weighted by atomic mass is 16.5. The number of cyclic esters (lactones) is 1. The molecule has 1 amide bonds. The summed E-state index contributed by atoms with van der Waals surface area (Å²) in [6.45, 7) is 8.67. The van der Waals surface area contributed by atoms with Crippen molar-refractivity contribution in [2.24, 2.45) is 0 Å². The van der Waals surface area contributed by atoms with Gasteiger partial charge < -0.3 is 15.4 Å². The van der Waals surface area contributed by atoms with E-state index in [0.29, 0.717) is 17.5 Å². The lowest BCUT2D eigenvalue weighted by Gasteiger charge is -2.46. The van der Waals surface area contributed by atoms with Gasteiger partial charge in [-0.15, -0.1) is 0 Å². The van der Waals surface area contributed by atoms with Gasteiger partial charge in [0.25, 0.3) is 5.91 Å². The van der Waals surface area contributed by atoms with Gasteiger partial charge in [-0.25, -0.2) is 4.79 Å². The SMILES string of the molecule is CC1(C)CC(NC(=O)c2ccc3c(c2)C[C@@H](c2ccccc2)OC3=O)CC(C)(C)N1. The van der Waals surface area contributed by atoms with Crippen molar-refractivity contribution >= 4 is 11.9 Å². The minimum atomic E-state index is -0.334. The van der Waals surface area contributed by atoms with E-state index < -0.39 is 0 Å². The van der Waals surface area contributed by atoms with E-state index in [-0.39, 0.29) is 35.1 Å². The molecule has 2 aromatic rings. The average Bonchev–Trinajstić information content (AvgIpc) is 2.65. The fourth-order valence-electron chi connectivity index (χ4n) is 5.08. The third-order valence-corrected chi connectivity index (χ3v) is 5.94. The predicted octanol–water partition coefficient (Wildman–Crippen LogP) is 4.18. The molecular formula is C25H30N2O3. The van der Waals surface area contributed by atoms with Crippen LogP contribution < -0.4 is 10.6 Å². The molecule has 2 N–H and O–H groups in total. The van der Waals surface area contributed by atoms with E-state index in [2.05, 4.69) is 38.3 Å². The average molecular weight is 407 g/mol. The molecule has 2 heterocycles. The van der Waals surface area contributed by atoms with Crippen LogP contribution in [0.2, 0.25) is 0 Å². The first-order valence-corrected chi connectivity index (χ1v) is 10.6. The third kappa shape index (κ3) is 4.41. The first-order valence-electron chi connectivity index (χ1n) is 10.6. The minimum absolute atomic E-state index is 0.0395. The largest absolute Gasteiger partial charge is 0.454 e. The lowest BCUT2D eigenvalue weighted by atomic mass is 9.79. The molecule has 158 valence electrons. The molecule has 0 aliphatic carbocycles. The molecule has 2 aliphatic rings. The number of nitrogens with one attached hydrogen (secondary N) is 2. The zero-order valence-electron chi connectivity index (χ0n) is 18.1. The standard InChI is InChI=1S/C25H30N2O3/c1-24(2)14-19(15-25(3,4)27-24)26-22(28)17-10-11-20-18(12-17)13-21(30-23(20)29)16-8-6-5-7-9-16/h5-12,19,21,27H,13-15H2,1-4H3,(H,26,28)/t21-/m0/s1. The fraction of sp³-hybridized carbons (Fsp3) is 0.440. The lowest BCUT2D eigenvalue weighted by Crippen LogP contribution is -2.62. The minimum Gasteiger partial charge on any atom is -0.454 e. The van der Waals surface area contributed by atoms with Crippen LogP contribution in [0, 0.1) is 0 Å². The normalized spacial score (nSPS) is 22.7. The molecule has 1 saturated heterocycles.